The predicted octanol–water partition coefficient (Wildman–Crippen LogP) is 2.58. The second-order valence-corrected chi connectivity index (χ2v) is 8.03. The van der Waals surface area contributed by atoms with Crippen LogP contribution in [0, 0.1) is 0 Å². The average Bonchev–Trinajstić information content (AvgIpc) is 2.91. The summed E-state index contributed by atoms with van der Waals surface area (Å²) in [6.45, 7) is 5.79. The summed E-state index contributed by atoms with van der Waals surface area (Å²) in [5.74, 6) is 0.319. The van der Waals surface area contributed by atoms with Gasteiger partial charge in [0.05, 0.1) is 24.5 Å². The number of cyclic esters (lactones) is 1. The highest BCUT2D eigenvalue weighted by molar-refractivity contribution is 8.00. The maximum atomic E-state index is 12.2. The lowest BCUT2D eigenvalue weighted by atomic mass is 10.2. The molecule has 1 aromatic carbocycles. The molecule has 140 valence electrons. The van der Waals surface area contributed by atoms with Crippen molar-refractivity contribution in [3.05, 3.63) is 18.2 Å². The van der Waals surface area contributed by atoms with Crippen molar-refractivity contribution in [3.8, 4) is 0 Å². The van der Waals surface area contributed by atoms with E-state index in [1.807, 2.05) is 12.1 Å². The number of benzene rings is 1. The lowest BCUT2D eigenvalue weighted by Gasteiger charge is -2.20. The van der Waals surface area contributed by atoms with E-state index in [-0.39, 0.29) is 12.5 Å². The van der Waals surface area contributed by atoms with E-state index in [1.165, 1.54) is 16.7 Å². The molecule has 1 unspecified atom stereocenters. The van der Waals surface area contributed by atoms with Crippen LogP contribution in [0.4, 0.5) is 21.0 Å². The second kappa shape index (κ2) is 7.06. The summed E-state index contributed by atoms with van der Waals surface area (Å²) in [4.78, 5) is 37.8. The van der Waals surface area contributed by atoms with Gasteiger partial charge in [0.25, 0.3) is 0 Å². The minimum Gasteiger partial charge on any atom is -0.444 e. The van der Waals surface area contributed by atoms with Crippen LogP contribution >= 0.6 is 11.8 Å². The van der Waals surface area contributed by atoms with E-state index < -0.39 is 23.9 Å². The lowest BCUT2D eigenvalue weighted by Crippen LogP contribution is -2.38. The van der Waals surface area contributed by atoms with Gasteiger partial charge in [-0.05, 0) is 39.0 Å². The van der Waals surface area contributed by atoms with Crippen LogP contribution < -0.4 is 15.5 Å². The molecule has 0 radical (unpaired) electrons. The van der Waals surface area contributed by atoms with Crippen molar-refractivity contribution in [2.24, 2.45) is 0 Å². The Balaban J connectivity index is 1.61. The van der Waals surface area contributed by atoms with Gasteiger partial charge in [-0.3, -0.25) is 9.69 Å². The van der Waals surface area contributed by atoms with Crippen LogP contribution in [-0.4, -0.2) is 48.6 Å². The molecule has 0 spiro atoms. The summed E-state index contributed by atoms with van der Waals surface area (Å²) < 4.78 is 10.5. The van der Waals surface area contributed by atoms with Gasteiger partial charge < -0.3 is 20.1 Å². The topological polar surface area (TPSA) is 97.0 Å². The maximum absolute atomic E-state index is 12.2. The third-order valence-electron chi connectivity index (χ3n) is 3.65. The molecule has 2 N–H and O–H groups in total. The van der Waals surface area contributed by atoms with Gasteiger partial charge in [-0.2, -0.15) is 0 Å². The summed E-state index contributed by atoms with van der Waals surface area (Å²) >= 11 is 1.46. The molecule has 3 amide bonds. The lowest BCUT2D eigenvalue weighted by molar-refractivity contribution is -0.113. The predicted molar refractivity (Wildman–Crippen MR) is 97.6 cm³/mol. The van der Waals surface area contributed by atoms with Crippen LogP contribution in [0.2, 0.25) is 0 Å². The fourth-order valence-electron chi connectivity index (χ4n) is 2.59. The van der Waals surface area contributed by atoms with E-state index in [4.69, 9.17) is 9.47 Å². The van der Waals surface area contributed by atoms with Crippen molar-refractivity contribution in [2.75, 3.05) is 29.1 Å². The second-order valence-electron chi connectivity index (χ2n) is 7.02. The molecule has 2 aliphatic rings. The summed E-state index contributed by atoms with van der Waals surface area (Å²) in [5, 5.41) is 5.40. The summed E-state index contributed by atoms with van der Waals surface area (Å²) in [6.07, 6.45) is -1.52. The van der Waals surface area contributed by atoms with E-state index in [0.717, 1.165) is 4.90 Å². The van der Waals surface area contributed by atoms with Crippen molar-refractivity contribution in [1.82, 2.24) is 5.32 Å². The maximum Gasteiger partial charge on any atom is 0.414 e. The number of alkyl carbamates (subject to hydrolysis) is 1. The molecule has 0 saturated carbocycles. The summed E-state index contributed by atoms with van der Waals surface area (Å²) in [6, 6.07) is 5.44. The Kier molecular flexibility index (Phi) is 4.99. The third-order valence-corrected chi connectivity index (χ3v) is 4.73. The van der Waals surface area contributed by atoms with Crippen LogP contribution in [0.15, 0.2) is 23.1 Å². The zero-order chi connectivity index (χ0) is 18.9. The van der Waals surface area contributed by atoms with Crippen molar-refractivity contribution in [1.29, 1.82) is 0 Å². The number of amides is 3. The number of fused-ring (bicyclic) bond motifs is 1. The van der Waals surface area contributed by atoms with Gasteiger partial charge >= 0.3 is 12.2 Å². The van der Waals surface area contributed by atoms with Crippen LogP contribution in [0.3, 0.4) is 0 Å². The van der Waals surface area contributed by atoms with Crippen LogP contribution in [0.1, 0.15) is 20.8 Å². The number of anilines is 2. The van der Waals surface area contributed by atoms with E-state index in [0.29, 0.717) is 23.7 Å². The highest BCUT2D eigenvalue weighted by atomic mass is 32.2. The molecular weight excluding hydrogens is 358 g/mol. The number of nitrogens with zero attached hydrogens (tertiary/aromatic N) is 1. The molecule has 1 saturated heterocycles. The highest BCUT2D eigenvalue weighted by Crippen LogP contribution is 2.35. The molecule has 1 atom stereocenters. The number of rotatable bonds is 3. The van der Waals surface area contributed by atoms with Crippen LogP contribution in [-0.2, 0) is 14.3 Å². The Hall–Kier alpha value is -2.42. The molecule has 0 aromatic heterocycles. The first-order valence-corrected chi connectivity index (χ1v) is 9.21. The minimum atomic E-state index is -0.589. The molecule has 3 rings (SSSR count). The number of nitrogens with one attached hydrogen (secondary N) is 2. The highest BCUT2D eigenvalue weighted by Gasteiger charge is 2.33. The fourth-order valence-corrected chi connectivity index (χ4v) is 3.38. The number of ether oxygens (including phenoxy) is 2. The van der Waals surface area contributed by atoms with E-state index in [2.05, 4.69) is 10.6 Å². The van der Waals surface area contributed by atoms with Gasteiger partial charge in [-0.15, -0.1) is 11.8 Å². The monoisotopic (exact) mass is 379 g/mol. The Bertz CT molecular complexity index is 746. The van der Waals surface area contributed by atoms with Gasteiger partial charge in [-0.25, -0.2) is 9.59 Å². The number of hydrogen-bond donors (Lipinski definition) is 2. The quantitative estimate of drug-likeness (QED) is 0.838. The van der Waals surface area contributed by atoms with Gasteiger partial charge in [0.1, 0.15) is 11.7 Å². The number of carbonyl (C=O) groups is 3. The molecule has 26 heavy (non-hydrogen) atoms. The number of carbonyl (C=O) groups excluding carboxylic acids is 3. The molecule has 0 bridgehead atoms. The van der Waals surface area contributed by atoms with Crippen molar-refractivity contribution >= 4 is 41.2 Å². The third kappa shape index (κ3) is 4.40. The van der Waals surface area contributed by atoms with Gasteiger partial charge in [0.2, 0.25) is 5.91 Å². The first-order chi connectivity index (χ1) is 12.2. The molecule has 1 fully saturated rings. The van der Waals surface area contributed by atoms with Crippen molar-refractivity contribution < 1.29 is 23.9 Å². The van der Waals surface area contributed by atoms with Crippen molar-refractivity contribution in [3.63, 3.8) is 0 Å². The fraction of sp³-hybridized carbons (Fsp3) is 0.471. The summed E-state index contributed by atoms with van der Waals surface area (Å²) in [5.41, 5.74) is 0.733. The Labute approximate surface area is 155 Å². The van der Waals surface area contributed by atoms with Gasteiger partial charge in [0, 0.05) is 10.6 Å². The SMILES string of the molecule is CC(C)(C)OC(=O)NCC1CN(c2ccc3c(c2)NC(=O)CS3)C(=O)O1. The minimum absolute atomic E-state index is 0.0666. The number of thioether (sulfide) groups is 1. The summed E-state index contributed by atoms with van der Waals surface area (Å²) in [7, 11) is 0. The molecule has 2 heterocycles. The Morgan fingerprint density at radius 1 is 1.42 bits per heavy atom. The Morgan fingerprint density at radius 2 is 2.19 bits per heavy atom. The molecule has 1 aromatic rings. The first kappa shape index (κ1) is 18.4. The van der Waals surface area contributed by atoms with E-state index >= 15 is 0 Å². The van der Waals surface area contributed by atoms with Gasteiger partial charge in [-0.1, -0.05) is 0 Å². The number of hydrogen-bond acceptors (Lipinski definition) is 6. The van der Waals surface area contributed by atoms with E-state index in [1.54, 1.807) is 26.8 Å². The van der Waals surface area contributed by atoms with E-state index in [9.17, 15) is 14.4 Å². The zero-order valence-electron chi connectivity index (χ0n) is 14.8. The average molecular weight is 379 g/mol. The van der Waals surface area contributed by atoms with Gasteiger partial charge in [0.15, 0.2) is 0 Å². The first-order valence-electron chi connectivity index (χ1n) is 8.23. The largest absolute Gasteiger partial charge is 0.444 e. The standard InChI is InChI=1S/C17H21N3O5S/c1-17(2,3)25-15(22)18-7-11-8-20(16(23)24-11)10-4-5-13-12(6-10)19-14(21)9-26-13/h4-6,11H,7-9H2,1-3H3,(H,18,22)(H,19,21). The van der Waals surface area contributed by atoms with Crippen LogP contribution in [0.5, 0.6) is 0 Å². The zero-order valence-corrected chi connectivity index (χ0v) is 15.6. The molecular formula is C17H21N3O5S. The normalized spacial score (nSPS) is 19.5. The molecule has 0 aliphatic carbocycles. The van der Waals surface area contributed by atoms with Crippen molar-refractivity contribution in [2.45, 2.75) is 37.4 Å². The molecule has 8 nitrogen and oxygen atoms in total. The molecule has 2 aliphatic heterocycles. The smallest absolute Gasteiger partial charge is 0.414 e. The van der Waals surface area contributed by atoms with Crippen LogP contribution in [0.25, 0.3) is 0 Å². The Morgan fingerprint density at radius 3 is 2.92 bits per heavy atom. The molecule has 9 heteroatoms.